The van der Waals surface area contributed by atoms with Crippen LogP contribution in [0.15, 0.2) is 71.8 Å². The molecule has 3 aromatic rings. The second-order valence-electron chi connectivity index (χ2n) is 7.84. The van der Waals surface area contributed by atoms with E-state index < -0.39 is 11.9 Å². The number of hydrogen-bond acceptors (Lipinski definition) is 6. The van der Waals surface area contributed by atoms with Crippen LogP contribution in [0.5, 0.6) is 17.2 Å². The number of benzene rings is 3. The highest BCUT2D eigenvalue weighted by Gasteiger charge is 2.13. The predicted molar refractivity (Wildman–Crippen MR) is 136 cm³/mol. The predicted octanol–water partition coefficient (Wildman–Crippen LogP) is 5.61. The summed E-state index contributed by atoms with van der Waals surface area (Å²) in [5.74, 6) is 0.749. The summed E-state index contributed by atoms with van der Waals surface area (Å²) >= 11 is 5.86. The van der Waals surface area contributed by atoms with Gasteiger partial charge in [0.2, 0.25) is 0 Å². The number of rotatable bonds is 10. The molecule has 0 aliphatic heterocycles. The van der Waals surface area contributed by atoms with Gasteiger partial charge in [0, 0.05) is 5.02 Å². The first-order valence-corrected chi connectivity index (χ1v) is 11.5. The van der Waals surface area contributed by atoms with Crippen LogP contribution in [-0.4, -0.2) is 31.3 Å². The van der Waals surface area contributed by atoms with Crippen LogP contribution >= 0.6 is 11.6 Å². The molecule has 182 valence electrons. The highest BCUT2D eigenvalue weighted by molar-refractivity contribution is 6.30. The Labute approximate surface area is 209 Å². The van der Waals surface area contributed by atoms with Crippen molar-refractivity contribution >= 4 is 29.7 Å². The number of hydrogen-bond donors (Lipinski definition) is 1. The molecule has 3 aromatic carbocycles. The third-order valence-corrected chi connectivity index (χ3v) is 5.12. The Kier molecular flexibility index (Phi) is 9.26. The van der Waals surface area contributed by atoms with Gasteiger partial charge in [-0.3, -0.25) is 4.79 Å². The molecule has 0 atom stereocenters. The lowest BCUT2D eigenvalue weighted by atomic mass is 10.0. The number of nitrogens with zero attached hydrogens (tertiary/aromatic N) is 1. The van der Waals surface area contributed by atoms with Gasteiger partial charge in [-0.25, -0.2) is 10.2 Å². The Morgan fingerprint density at radius 2 is 1.69 bits per heavy atom. The first-order chi connectivity index (χ1) is 16.9. The van der Waals surface area contributed by atoms with Crippen molar-refractivity contribution < 1.29 is 23.8 Å². The van der Waals surface area contributed by atoms with Crippen molar-refractivity contribution in [2.75, 3.05) is 13.2 Å². The Bertz CT molecular complexity index is 1180. The second-order valence-corrected chi connectivity index (χ2v) is 8.28. The van der Waals surface area contributed by atoms with E-state index in [9.17, 15) is 9.59 Å². The number of amides is 1. The molecule has 7 nitrogen and oxygen atoms in total. The minimum absolute atomic E-state index is 0.165. The molecule has 0 saturated heterocycles. The average Bonchev–Trinajstić information content (AvgIpc) is 2.85. The zero-order chi connectivity index (χ0) is 25.2. The molecule has 0 unspecified atom stereocenters. The quantitative estimate of drug-likeness (QED) is 0.171. The van der Waals surface area contributed by atoms with Gasteiger partial charge in [-0.1, -0.05) is 37.6 Å². The summed E-state index contributed by atoms with van der Waals surface area (Å²) < 4.78 is 16.6. The summed E-state index contributed by atoms with van der Waals surface area (Å²) in [5, 5.41) is 4.49. The van der Waals surface area contributed by atoms with Crippen molar-refractivity contribution in [3.63, 3.8) is 0 Å². The fraction of sp³-hybridized carbons (Fsp3) is 0.222. The maximum atomic E-state index is 12.4. The molecule has 0 spiro atoms. The van der Waals surface area contributed by atoms with E-state index in [-0.39, 0.29) is 12.4 Å². The van der Waals surface area contributed by atoms with Gasteiger partial charge in [-0.15, -0.1) is 0 Å². The highest BCUT2D eigenvalue weighted by Crippen LogP contribution is 2.29. The maximum Gasteiger partial charge on any atom is 0.343 e. The minimum Gasteiger partial charge on any atom is -0.490 e. The van der Waals surface area contributed by atoms with Gasteiger partial charge >= 0.3 is 5.97 Å². The van der Waals surface area contributed by atoms with Gasteiger partial charge in [0.05, 0.1) is 18.4 Å². The molecule has 3 rings (SSSR count). The molecule has 0 radical (unpaired) electrons. The summed E-state index contributed by atoms with van der Waals surface area (Å²) in [4.78, 5) is 24.5. The molecule has 0 aliphatic rings. The van der Waals surface area contributed by atoms with Crippen LogP contribution in [0.3, 0.4) is 0 Å². The lowest BCUT2D eigenvalue weighted by Gasteiger charge is -2.11. The van der Waals surface area contributed by atoms with Crippen LogP contribution in [0.1, 0.15) is 48.2 Å². The molecule has 0 saturated carbocycles. The van der Waals surface area contributed by atoms with E-state index in [1.54, 1.807) is 42.5 Å². The van der Waals surface area contributed by atoms with E-state index in [4.69, 9.17) is 25.8 Å². The van der Waals surface area contributed by atoms with Gasteiger partial charge in [-0.2, -0.15) is 5.10 Å². The Hall–Kier alpha value is -3.84. The van der Waals surface area contributed by atoms with Gasteiger partial charge in [0.1, 0.15) is 5.75 Å². The molecule has 0 fully saturated rings. The van der Waals surface area contributed by atoms with Crippen LogP contribution < -0.4 is 19.6 Å². The van der Waals surface area contributed by atoms with Crippen LogP contribution in [0, 0.1) is 0 Å². The topological polar surface area (TPSA) is 86.2 Å². The van der Waals surface area contributed by atoms with Crippen LogP contribution in [0.2, 0.25) is 5.02 Å². The van der Waals surface area contributed by atoms with Crippen molar-refractivity contribution in [2.45, 2.75) is 26.7 Å². The van der Waals surface area contributed by atoms with Gasteiger partial charge in [0.25, 0.3) is 5.91 Å². The van der Waals surface area contributed by atoms with E-state index in [0.717, 1.165) is 0 Å². The van der Waals surface area contributed by atoms with E-state index in [1.165, 1.54) is 11.8 Å². The lowest BCUT2D eigenvalue weighted by molar-refractivity contribution is -0.123. The average molecular weight is 495 g/mol. The summed E-state index contributed by atoms with van der Waals surface area (Å²) in [6, 6.07) is 19.0. The van der Waals surface area contributed by atoms with Crippen molar-refractivity contribution in [1.29, 1.82) is 0 Å². The molecule has 8 heteroatoms. The number of esters is 1. The normalized spacial score (nSPS) is 10.9. The number of nitrogens with one attached hydrogen (secondary N) is 1. The van der Waals surface area contributed by atoms with Gasteiger partial charge in [0.15, 0.2) is 18.1 Å². The van der Waals surface area contributed by atoms with Gasteiger partial charge in [-0.05, 0) is 78.6 Å². The highest BCUT2D eigenvalue weighted by atomic mass is 35.5. The van der Waals surface area contributed by atoms with Crippen molar-refractivity contribution in [3.05, 3.63) is 88.4 Å². The number of carbonyl (C=O) groups excluding carboxylic acids is 2. The molecule has 0 bridgehead atoms. The fourth-order valence-electron chi connectivity index (χ4n) is 3.01. The van der Waals surface area contributed by atoms with Crippen LogP contribution in [0.25, 0.3) is 0 Å². The van der Waals surface area contributed by atoms with E-state index >= 15 is 0 Å². The number of hydrazone groups is 1. The largest absolute Gasteiger partial charge is 0.490 e. The number of halogens is 1. The van der Waals surface area contributed by atoms with E-state index in [0.29, 0.717) is 40.2 Å². The third-order valence-electron chi connectivity index (χ3n) is 4.87. The summed E-state index contributed by atoms with van der Waals surface area (Å²) in [7, 11) is 0. The summed E-state index contributed by atoms with van der Waals surface area (Å²) in [6.07, 6.45) is 1.46. The standard InChI is InChI=1S/C27H27ClN2O5/c1-4-33-25-15-19(5-14-24(25)35-27(32)21-6-10-22(28)11-7-21)16-29-30-26(31)17-34-23-12-8-20(9-13-23)18(2)3/h5-16,18H,4,17H2,1-3H3,(H,30,31). The zero-order valence-corrected chi connectivity index (χ0v) is 20.5. The molecule has 0 heterocycles. The molecule has 1 amide bonds. The Balaban J connectivity index is 1.56. The monoisotopic (exact) mass is 494 g/mol. The maximum absolute atomic E-state index is 12.4. The summed E-state index contributed by atoms with van der Waals surface area (Å²) in [5.41, 5.74) is 4.63. The molecule has 0 aliphatic carbocycles. The molecule has 35 heavy (non-hydrogen) atoms. The first-order valence-electron chi connectivity index (χ1n) is 11.1. The van der Waals surface area contributed by atoms with Crippen LogP contribution in [0.4, 0.5) is 0 Å². The van der Waals surface area contributed by atoms with Crippen molar-refractivity contribution in [3.8, 4) is 17.2 Å². The van der Waals surface area contributed by atoms with Crippen molar-refractivity contribution in [1.82, 2.24) is 5.43 Å². The Morgan fingerprint density at radius 1 is 0.971 bits per heavy atom. The molecular formula is C27H27ClN2O5. The molecule has 1 N–H and O–H groups in total. The lowest BCUT2D eigenvalue weighted by Crippen LogP contribution is -2.24. The Morgan fingerprint density at radius 3 is 2.34 bits per heavy atom. The SMILES string of the molecule is CCOc1cc(C=NNC(=O)COc2ccc(C(C)C)cc2)ccc1OC(=O)c1ccc(Cl)cc1. The molecule has 0 aromatic heterocycles. The summed E-state index contributed by atoms with van der Waals surface area (Å²) in [6.45, 7) is 6.25. The van der Waals surface area contributed by atoms with E-state index in [2.05, 4.69) is 24.4 Å². The van der Waals surface area contributed by atoms with Crippen LogP contribution in [-0.2, 0) is 4.79 Å². The second kappa shape index (κ2) is 12.6. The first kappa shape index (κ1) is 25.8. The molecular weight excluding hydrogens is 468 g/mol. The number of ether oxygens (including phenoxy) is 3. The van der Waals surface area contributed by atoms with E-state index in [1.807, 2.05) is 31.2 Å². The number of carbonyl (C=O) groups is 2. The van der Waals surface area contributed by atoms with Crippen molar-refractivity contribution in [2.24, 2.45) is 5.10 Å². The third kappa shape index (κ3) is 7.86. The fourth-order valence-corrected chi connectivity index (χ4v) is 3.14. The minimum atomic E-state index is -0.532. The smallest absolute Gasteiger partial charge is 0.343 e. The van der Waals surface area contributed by atoms with Gasteiger partial charge < -0.3 is 14.2 Å². The zero-order valence-electron chi connectivity index (χ0n) is 19.8.